The van der Waals surface area contributed by atoms with E-state index in [1.807, 2.05) is 19.1 Å². The molecule has 1 N–H and O–H groups in total. The zero-order valence-corrected chi connectivity index (χ0v) is 17.5. The van der Waals surface area contributed by atoms with Gasteiger partial charge in [-0.3, -0.25) is 9.79 Å². The first-order valence-corrected chi connectivity index (χ1v) is 10.2. The molecular formula is C20H26ClN5O3. The fraction of sp³-hybridized carbons (Fsp3) is 0.500. The smallest absolute Gasteiger partial charge is 0.309 e. The maximum Gasteiger partial charge on any atom is 0.309 e. The molecule has 0 bridgehead atoms. The Bertz CT molecular complexity index is 829. The van der Waals surface area contributed by atoms with E-state index < -0.39 is 0 Å². The van der Waals surface area contributed by atoms with Gasteiger partial charge in [-0.05, 0) is 44.0 Å². The topological polar surface area (TPSA) is 92.8 Å². The van der Waals surface area contributed by atoms with Crippen molar-refractivity contribution < 1.29 is 14.1 Å². The normalized spacial score (nSPS) is 15.4. The highest BCUT2D eigenvalue weighted by Crippen LogP contribution is 2.20. The molecule has 0 saturated carbocycles. The molecule has 1 saturated heterocycles. The van der Waals surface area contributed by atoms with Gasteiger partial charge in [0.05, 0.1) is 12.5 Å². The number of rotatable bonds is 6. The van der Waals surface area contributed by atoms with Gasteiger partial charge in [0.15, 0.2) is 5.96 Å². The van der Waals surface area contributed by atoms with Gasteiger partial charge in [-0.1, -0.05) is 16.8 Å². The fourth-order valence-electron chi connectivity index (χ4n) is 3.27. The van der Waals surface area contributed by atoms with Crippen LogP contribution in [0, 0.1) is 5.92 Å². The van der Waals surface area contributed by atoms with Gasteiger partial charge >= 0.3 is 5.97 Å². The second-order valence-electron chi connectivity index (χ2n) is 6.76. The number of ether oxygens (including phenoxy) is 1. The van der Waals surface area contributed by atoms with E-state index in [0.717, 1.165) is 37.5 Å². The van der Waals surface area contributed by atoms with Gasteiger partial charge in [-0.15, -0.1) is 0 Å². The third kappa shape index (κ3) is 5.69. The number of piperidine rings is 1. The molecule has 2 heterocycles. The monoisotopic (exact) mass is 419 g/mol. The lowest BCUT2D eigenvalue weighted by atomic mass is 9.97. The lowest BCUT2D eigenvalue weighted by Crippen LogP contribution is -2.47. The molecule has 0 radical (unpaired) electrons. The Morgan fingerprint density at radius 3 is 2.72 bits per heavy atom. The number of esters is 1. The van der Waals surface area contributed by atoms with E-state index in [1.165, 1.54) is 0 Å². The molecule has 1 aliphatic rings. The first-order valence-electron chi connectivity index (χ1n) is 9.81. The second kappa shape index (κ2) is 10.2. The van der Waals surface area contributed by atoms with Crippen molar-refractivity contribution in [1.29, 1.82) is 0 Å². The Morgan fingerprint density at radius 1 is 1.34 bits per heavy atom. The third-order valence-electron chi connectivity index (χ3n) is 4.82. The largest absolute Gasteiger partial charge is 0.466 e. The zero-order valence-electron chi connectivity index (χ0n) is 16.7. The number of benzene rings is 1. The molecule has 29 heavy (non-hydrogen) atoms. The van der Waals surface area contributed by atoms with Gasteiger partial charge < -0.3 is 19.5 Å². The van der Waals surface area contributed by atoms with Crippen LogP contribution in [0.25, 0.3) is 11.4 Å². The van der Waals surface area contributed by atoms with Gasteiger partial charge in [0.25, 0.3) is 0 Å². The SMILES string of the molecule is CCOC(=O)C1CCN(C(=NC)NCCc2nc(-c3ccc(Cl)cc3)no2)CC1. The number of aromatic nitrogens is 2. The second-order valence-corrected chi connectivity index (χ2v) is 7.19. The van der Waals surface area contributed by atoms with Crippen molar-refractivity contribution in [3.63, 3.8) is 0 Å². The molecule has 1 fully saturated rings. The van der Waals surface area contributed by atoms with Crippen LogP contribution < -0.4 is 5.32 Å². The van der Waals surface area contributed by atoms with Crippen LogP contribution in [0.3, 0.4) is 0 Å². The summed E-state index contributed by atoms with van der Waals surface area (Å²) < 4.78 is 10.5. The van der Waals surface area contributed by atoms with Crippen LogP contribution in [0.2, 0.25) is 5.02 Å². The van der Waals surface area contributed by atoms with Crippen molar-refractivity contribution >= 4 is 23.5 Å². The molecular weight excluding hydrogens is 394 g/mol. The number of guanidine groups is 1. The van der Waals surface area contributed by atoms with Crippen LogP contribution in [0.5, 0.6) is 0 Å². The van der Waals surface area contributed by atoms with E-state index in [2.05, 4.69) is 25.3 Å². The molecule has 3 rings (SSSR count). The molecule has 0 amide bonds. The fourth-order valence-corrected chi connectivity index (χ4v) is 3.40. The number of hydrogen-bond acceptors (Lipinski definition) is 6. The van der Waals surface area contributed by atoms with Crippen LogP contribution in [0.4, 0.5) is 0 Å². The highest BCUT2D eigenvalue weighted by molar-refractivity contribution is 6.30. The van der Waals surface area contributed by atoms with Crippen LogP contribution in [-0.4, -0.2) is 60.3 Å². The molecule has 0 aliphatic carbocycles. The van der Waals surface area contributed by atoms with Gasteiger partial charge in [0, 0.05) is 43.7 Å². The van der Waals surface area contributed by atoms with Gasteiger partial charge in [-0.25, -0.2) is 0 Å². The molecule has 1 aliphatic heterocycles. The quantitative estimate of drug-likeness (QED) is 0.437. The first kappa shape index (κ1) is 21.1. The van der Waals surface area contributed by atoms with Crippen molar-refractivity contribution in [1.82, 2.24) is 20.4 Å². The number of aliphatic imine (C=N–C) groups is 1. The van der Waals surface area contributed by atoms with Crippen molar-refractivity contribution in [2.45, 2.75) is 26.2 Å². The molecule has 8 nitrogen and oxygen atoms in total. The van der Waals surface area contributed by atoms with Crippen molar-refractivity contribution in [2.75, 3.05) is 33.3 Å². The van der Waals surface area contributed by atoms with E-state index in [0.29, 0.717) is 36.3 Å². The number of halogens is 1. The number of carbonyl (C=O) groups excluding carboxylic acids is 1. The number of likely N-dealkylation sites (tertiary alicyclic amines) is 1. The van der Waals surface area contributed by atoms with Crippen molar-refractivity contribution in [2.24, 2.45) is 10.9 Å². The molecule has 1 aromatic carbocycles. The maximum atomic E-state index is 11.9. The predicted molar refractivity (Wildman–Crippen MR) is 111 cm³/mol. The third-order valence-corrected chi connectivity index (χ3v) is 5.07. The number of carbonyl (C=O) groups is 1. The van der Waals surface area contributed by atoms with E-state index in [4.69, 9.17) is 20.9 Å². The summed E-state index contributed by atoms with van der Waals surface area (Å²) in [6.45, 7) is 4.42. The summed E-state index contributed by atoms with van der Waals surface area (Å²) >= 11 is 5.91. The molecule has 9 heteroatoms. The Labute approximate surface area is 175 Å². The molecule has 0 unspecified atom stereocenters. The minimum atomic E-state index is -0.0945. The van der Waals surface area contributed by atoms with Crippen LogP contribution in [-0.2, 0) is 16.0 Å². The average Bonchev–Trinajstić information content (AvgIpc) is 3.21. The first-order chi connectivity index (χ1) is 14.1. The van der Waals surface area contributed by atoms with Gasteiger partial charge in [0.2, 0.25) is 11.7 Å². The maximum absolute atomic E-state index is 11.9. The predicted octanol–water partition coefficient (Wildman–Crippen LogP) is 2.78. The Morgan fingerprint density at radius 2 is 2.07 bits per heavy atom. The highest BCUT2D eigenvalue weighted by Gasteiger charge is 2.27. The summed E-state index contributed by atoms with van der Waals surface area (Å²) in [5.74, 6) is 1.79. The molecule has 0 spiro atoms. The van der Waals surface area contributed by atoms with Crippen LogP contribution >= 0.6 is 11.6 Å². The number of hydrogen-bond donors (Lipinski definition) is 1. The van der Waals surface area contributed by atoms with Gasteiger partial charge in [-0.2, -0.15) is 4.98 Å². The van der Waals surface area contributed by atoms with E-state index in [9.17, 15) is 4.79 Å². The average molecular weight is 420 g/mol. The minimum absolute atomic E-state index is 0.0195. The zero-order chi connectivity index (χ0) is 20.6. The Kier molecular flexibility index (Phi) is 7.46. The van der Waals surface area contributed by atoms with E-state index in [1.54, 1.807) is 19.2 Å². The number of nitrogens with zero attached hydrogens (tertiary/aromatic N) is 4. The summed E-state index contributed by atoms with van der Waals surface area (Å²) in [6.07, 6.45) is 2.13. The Balaban J connectivity index is 1.46. The summed E-state index contributed by atoms with van der Waals surface area (Å²) in [5.41, 5.74) is 0.859. The minimum Gasteiger partial charge on any atom is -0.466 e. The van der Waals surface area contributed by atoms with E-state index >= 15 is 0 Å². The summed E-state index contributed by atoms with van der Waals surface area (Å²) in [5, 5.41) is 8.02. The molecule has 1 aromatic heterocycles. The highest BCUT2D eigenvalue weighted by atomic mass is 35.5. The molecule has 0 atom stereocenters. The summed E-state index contributed by atoms with van der Waals surface area (Å²) in [7, 11) is 1.76. The van der Waals surface area contributed by atoms with Crippen LogP contribution in [0.15, 0.2) is 33.8 Å². The summed E-state index contributed by atoms with van der Waals surface area (Å²) in [6, 6.07) is 7.31. The lowest BCUT2D eigenvalue weighted by Gasteiger charge is -2.33. The van der Waals surface area contributed by atoms with Crippen molar-refractivity contribution in [3.05, 3.63) is 35.2 Å². The molecule has 156 valence electrons. The van der Waals surface area contributed by atoms with Crippen molar-refractivity contribution in [3.8, 4) is 11.4 Å². The van der Waals surface area contributed by atoms with E-state index in [-0.39, 0.29) is 11.9 Å². The summed E-state index contributed by atoms with van der Waals surface area (Å²) in [4.78, 5) is 22.8. The van der Waals surface area contributed by atoms with Gasteiger partial charge in [0.1, 0.15) is 0 Å². The van der Waals surface area contributed by atoms with Crippen LogP contribution in [0.1, 0.15) is 25.7 Å². The Hall–Kier alpha value is -2.61. The standard InChI is InChI=1S/C20H26ClN5O3/c1-3-28-19(27)15-9-12-26(13-10-15)20(22-2)23-11-8-17-24-18(25-29-17)14-4-6-16(21)7-5-14/h4-7,15H,3,8-13H2,1-2H3,(H,22,23). The lowest BCUT2D eigenvalue weighted by molar-refractivity contribution is -0.149. The number of nitrogens with one attached hydrogen (secondary N) is 1. The molecule has 2 aromatic rings.